The van der Waals surface area contributed by atoms with Gasteiger partial charge in [-0.2, -0.15) is 0 Å². The van der Waals surface area contributed by atoms with Crippen molar-refractivity contribution in [3.63, 3.8) is 0 Å². The predicted octanol–water partition coefficient (Wildman–Crippen LogP) is 6.31. The van der Waals surface area contributed by atoms with Gasteiger partial charge in [-0.15, -0.1) is 0 Å². The Morgan fingerprint density at radius 3 is 1.76 bits per heavy atom. The Hall–Kier alpha value is -2.25. The summed E-state index contributed by atoms with van der Waals surface area (Å²) in [7, 11) is 0. The predicted molar refractivity (Wildman–Crippen MR) is 93.9 cm³/mol. The van der Waals surface area contributed by atoms with Crippen LogP contribution >= 0.6 is 11.3 Å². The second-order valence-electron chi connectivity index (χ2n) is 5.28. The van der Waals surface area contributed by atoms with Gasteiger partial charge in [0.15, 0.2) is 0 Å². The Morgan fingerprint density at radius 2 is 1.14 bits per heavy atom. The minimum Gasteiger partial charge on any atom is -0.0620 e. The van der Waals surface area contributed by atoms with Gasteiger partial charge < -0.3 is 0 Å². The third-order valence-corrected chi connectivity index (χ3v) is 5.10. The van der Waals surface area contributed by atoms with Gasteiger partial charge in [0, 0.05) is 28.5 Å². The monoisotopic (exact) mass is 287 g/mol. The van der Waals surface area contributed by atoms with Crippen molar-refractivity contribution in [2.24, 2.45) is 0 Å². The number of benzene rings is 3. The van der Waals surface area contributed by atoms with Crippen LogP contribution in [0, 0.1) is 6.92 Å². The Balaban J connectivity index is 2.25. The Labute approximate surface area is 128 Å². The molecule has 0 aliphatic carbocycles. The molecule has 4 aromatic rings. The lowest BCUT2D eigenvalue weighted by atomic mass is 9.95. The first kappa shape index (κ1) is 12.5. The molecule has 0 saturated heterocycles. The molecule has 1 heteroatoms. The maximum absolute atomic E-state index is 2.24. The van der Waals surface area contributed by atoms with Crippen LogP contribution in [0.5, 0.6) is 0 Å². The molecule has 0 N–H and O–H groups in total. The molecular formula is C20H15S+. The van der Waals surface area contributed by atoms with Gasteiger partial charge in [-0.05, 0) is 30.2 Å². The zero-order valence-electron chi connectivity index (χ0n) is 11.8. The highest BCUT2D eigenvalue weighted by Gasteiger charge is 2.18. The van der Waals surface area contributed by atoms with E-state index in [1.165, 1.54) is 36.9 Å². The van der Waals surface area contributed by atoms with Crippen LogP contribution in [0.3, 0.4) is 0 Å². The molecule has 0 unspecified atom stereocenters. The average molecular weight is 287 g/mol. The van der Waals surface area contributed by atoms with Crippen molar-refractivity contribution >= 4 is 31.5 Å². The molecule has 4 rings (SSSR count). The summed E-state index contributed by atoms with van der Waals surface area (Å²) in [6, 6.07) is 26.1. The van der Waals surface area contributed by atoms with Crippen LogP contribution in [0.2, 0.25) is 0 Å². The van der Waals surface area contributed by atoms with E-state index in [4.69, 9.17) is 0 Å². The molecular weight excluding hydrogens is 272 g/mol. The van der Waals surface area contributed by atoms with Crippen molar-refractivity contribution < 1.29 is 0 Å². The number of hydrogen-bond donors (Lipinski definition) is 0. The summed E-state index contributed by atoms with van der Waals surface area (Å²) in [5.41, 5.74) is 4.01. The summed E-state index contributed by atoms with van der Waals surface area (Å²) in [5.74, 6) is 0. The molecule has 0 aliphatic heterocycles. The first-order valence-electron chi connectivity index (χ1n) is 7.14. The van der Waals surface area contributed by atoms with E-state index >= 15 is 0 Å². The van der Waals surface area contributed by atoms with E-state index in [1.807, 2.05) is 11.3 Å². The van der Waals surface area contributed by atoms with Crippen LogP contribution < -0.4 is 0 Å². The second-order valence-corrected chi connectivity index (χ2v) is 6.37. The third kappa shape index (κ3) is 2.01. The van der Waals surface area contributed by atoms with Gasteiger partial charge in [-0.1, -0.05) is 48.5 Å². The molecule has 0 bridgehead atoms. The van der Waals surface area contributed by atoms with Crippen molar-refractivity contribution in [3.05, 3.63) is 78.4 Å². The maximum Gasteiger partial charge on any atom is 0.239 e. The Kier molecular flexibility index (Phi) is 2.94. The van der Waals surface area contributed by atoms with E-state index in [9.17, 15) is 0 Å². The smallest absolute Gasteiger partial charge is 0.0620 e. The number of rotatable bonds is 1. The van der Waals surface area contributed by atoms with Gasteiger partial charge in [0.2, 0.25) is 20.7 Å². The highest BCUT2D eigenvalue weighted by Crippen LogP contribution is 2.40. The topological polar surface area (TPSA) is 0 Å². The van der Waals surface area contributed by atoms with Crippen molar-refractivity contribution in [1.82, 2.24) is 0 Å². The van der Waals surface area contributed by atoms with Crippen LogP contribution in [0.15, 0.2) is 72.8 Å². The lowest BCUT2D eigenvalue weighted by molar-refractivity contribution is 1.47. The largest absolute Gasteiger partial charge is 0.239 e. The highest BCUT2D eigenvalue weighted by atomic mass is 32.1. The standard InChI is InChI=1S/C20H15S/c1-14-8-2-3-9-15(14)20-16-10-4-6-12-18(16)21-19-13-7-5-11-17(19)20/h2-13H,1H3/q+1. The zero-order chi connectivity index (χ0) is 14.2. The second kappa shape index (κ2) is 4.94. The molecule has 0 fully saturated rings. The summed E-state index contributed by atoms with van der Waals surface area (Å²) < 4.78 is 2.68. The average Bonchev–Trinajstić information content (AvgIpc) is 2.53. The maximum atomic E-state index is 2.24. The fourth-order valence-corrected chi connectivity index (χ4v) is 4.02. The van der Waals surface area contributed by atoms with Gasteiger partial charge in [0.05, 0.1) is 0 Å². The zero-order valence-corrected chi connectivity index (χ0v) is 12.7. The van der Waals surface area contributed by atoms with Crippen LogP contribution in [-0.2, 0) is 0 Å². The van der Waals surface area contributed by atoms with Crippen molar-refractivity contribution in [2.75, 3.05) is 0 Å². The summed E-state index contributed by atoms with van der Waals surface area (Å²) in [5, 5.41) is 2.69. The molecule has 0 atom stereocenters. The number of aryl methyl sites for hydroxylation is 1. The summed E-state index contributed by atoms with van der Waals surface area (Å²) in [6.45, 7) is 2.19. The van der Waals surface area contributed by atoms with Crippen molar-refractivity contribution in [3.8, 4) is 11.1 Å². The molecule has 0 saturated carbocycles. The van der Waals surface area contributed by atoms with E-state index < -0.39 is 0 Å². The quantitative estimate of drug-likeness (QED) is 0.284. The SMILES string of the molecule is Cc1ccccc1-c1c2ccccc2[s+]c2ccccc12. The van der Waals surface area contributed by atoms with E-state index in [1.54, 1.807) is 0 Å². The summed E-state index contributed by atoms with van der Waals surface area (Å²) >= 11 is 1.87. The molecule has 0 nitrogen and oxygen atoms in total. The van der Waals surface area contributed by atoms with Crippen molar-refractivity contribution in [1.29, 1.82) is 0 Å². The van der Waals surface area contributed by atoms with E-state index in [-0.39, 0.29) is 0 Å². The normalized spacial score (nSPS) is 11.1. The van der Waals surface area contributed by atoms with Crippen LogP contribution in [0.1, 0.15) is 5.56 Å². The minimum absolute atomic E-state index is 1.32. The molecule has 0 aliphatic rings. The summed E-state index contributed by atoms with van der Waals surface area (Å²) in [6.07, 6.45) is 0. The molecule has 1 heterocycles. The molecule has 1 aromatic heterocycles. The first-order chi connectivity index (χ1) is 10.3. The molecule has 0 spiro atoms. The fraction of sp³-hybridized carbons (Fsp3) is 0.0500. The van der Waals surface area contributed by atoms with Gasteiger partial charge >= 0.3 is 0 Å². The van der Waals surface area contributed by atoms with E-state index in [0.29, 0.717) is 0 Å². The fourth-order valence-electron chi connectivity index (χ4n) is 2.93. The van der Waals surface area contributed by atoms with E-state index in [2.05, 4.69) is 79.7 Å². The van der Waals surface area contributed by atoms with Crippen molar-refractivity contribution in [2.45, 2.75) is 6.92 Å². The molecule has 21 heavy (non-hydrogen) atoms. The van der Waals surface area contributed by atoms with Gasteiger partial charge in [0.1, 0.15) is 0 Å². The first-order valence-corrected chi connectivity index (χ1v) is 7.96. The van der Waals surface area contributed by atoms with Crippen LogP contribution in [-0.4, -0.2) is 0 Å². The number of hydrogen-bond acceptors (Lipinski definition) is 0. The minimum atomic E-state index is 1.32. The Morgan fingerprint density at radius 1 is 0.619 bits per heavy atom. The van der Waals surface area contributed by atoms with Crippen LogP contribution in [0.25, 0.3) is 31.3 Å². The highest BCUT2D eigenvalue weighted by molar-refractivity contribution is 7.24. The lowest BCUT2D eigenvalue weighted by Crippen LogP contribution is -1.86. The lowest BCUT2D eigenvalue weighted by Gasteiger charge is -2.09. The molecule has 0 amide bonds. The van der Waals surface area contributed by atoms with Gasteiger partial charge in [-0.25, -0.2) is 0 Å². The summed E-state index contributed by atoms with van der Waals surface area (Å²) in [4.78, 5) is 0. The third-order valence-electron chi connectivity index (χ3n) is 3.95. The van der Waals surface area contributed by atoms with Crippen LogP contribution in [0.4, 0.5) is 0 Å². The van der Waals surface area contributed by atoms with Gasteiger partial charge in [0.25, 0.3) is 0 Å². The Bertz CT molecular complexity index is 900. The molecule has 3 aromatic carbocycles. The van der Waals surface area contributed by atoms with E-state index in [0.717, 1.165) is 0 Å². The van der Waals surface area contributed by atoms with Gasteiger partial charge in [-0.3, -0.25) is 0 Å². The molecule has 100 valence electrons. The molecule has 0 radical (unpaired) electrons. The number of fused-ring (bicyclic) bond motifs is 2.